The lowest BCUT2D eigenvalue weighted by molar-refractivity contribution is 0.0951. The summed E-state index contributed by atoms with van der Waals surface area (Å²) < 4.78 is 0. The number of hydrogen-bond acceptors (Lipinski definition) is 5. The van der Waals surface area contributed by atoms with Gasteiger partial charge in [0.05, 0.1) is 6.20 Å². The fourth-order valence-corrected chi connectivity index (χ4v) is 3.11. The maximum Gasteiger partial charge on any atom is 0.251 e. The molecule has 0 saturated heterocycles. The molecule has 0 aliphatic carbocycles. The summed E-state index contributed by atoms with van der Waals surface area (Å²) in [6.45, 7) is 10.0. The molecule has 0 atom stereocenters. The van der Waals surface area contributed by atoms with Gasteiger partial charge in [-0.25, -0.2) is 15.0 Å². The summed E-state index contributed by atoms with van der Waals surface area (Å²) >= 11 is 0. The number of aromatic amines is 1. The van der Waals surface area contributed by atoms with Crippen LogP contribution in [-0.4, -0.2) is 56.9 Å². The van der Waals surface area contributed by atoms with Gasteiger partial charge in [0.15, 0.2) is 5.65 Å². The van der Waals surface area contributed by atoms with Gasteiger partial charge in [-0.05, 0) is 50.7 Å². The molecule has 1 amide bonds. The Kier molecular flexibility index (Phi) is 6.13. The van der Waals surface area contributed by atoms with Gasteiger partial charge in [0, 0.05) is 17.7 Å². The lowest BCUT2D eigenvalue weighted by Gasteiger charge is -2.17. The van der Waals surface area contributed by atoms with Crippen LogP contribution in [0.15, 0.2) is 30.7 Å². The van der Waals surface area contributed by atoms with Crippen LogP contribution in [0.25, 0.3) is 22.6 Å². The largest absolute Gasteiger partial charge is 0.352 e. The highest BCUT2D eigenvalue weighted by Gasteiger charge is 2.12. The van der Waals surface area contributed by atoms with Crippen molar-refractivity contribution in [3.05, 3.63) is 41.9 Å². The van der Waals surface area contributed by atoms with Gasteiger partial charge in [0.2, 0.25) is 0 Å². The summed E-state index contributed by atoms with van der Waals surface area (Å²) in [6, 6.07) is 5.65. The Morgan fingerprint density at radius 2 is 2.07 bits per heavy atom. The van der Waals surface area contributed by atoms with Gasteiger partial charge in [0.1, 0.15) is 17.7 Å². The number of amides is 1. The first-order valence-corrected chi connectivity index (χ1v) is 9.39. The Morgan fingerprint density at radius 3 is 2.78 bits per heavy atom. The predicted molar refractivity (Wildman–Crippen MR) is 107 cm³/mol. The fourth-order valence-electron chi connectivity index (χ4n) is 3.11. The minimum absolute atomic E-state index is 0.0420. The van der Waals surface area contributed by atoms with Gasteiger partial charge in [-0.3, -0.25) is 4.79 Å². The second-order valence-electron chi connectivity index (χ2n) is 6.51. The molecule has 0 fully saturated rings. The second kappa shape index (κ2) is 8.73. The number of carbonyl (C=O) groups is 1. The molecule has 0 unspecified atom stereocenters. The van der Waals surface area contributed by atoms with Crippen molar-refractivity contribution in [1.29, 1.82) is 0 Å². The van der Waals surface area contributed by atoms with E-state index in [0.29, 0.717) is 17.8 Å². The number of imidazole rings is 1. The highest BCUT2D eigenvalue weighted by molar-refractivity contribution is 5.95. The van der Waals surface area contributed by atoms with E-state index in [1.807, 2.05) is 25.1 Å². The summed E-state index contributed by atoms with van der Waals surface area (Å²) in [5.74, 6) is 0.689. The average molecular weight is 366 g/mol. The molecular weight excluding hydrogens is 340 g/mol. The normalized spacial score (nSPS) is 11.3. The van der Waals surface area contributed by atoms with Gasteiger partial charge in [0.25, 0.3) is 5.91 Å². The fraction of sp³-hybridized carbons (Fsp3) is 0.400. The SMILES string of the molecule is CCN(CC)CCCNC(=O)c1ccc(-c2nc3ncncc3[nH]2)c(C)c1. The number of carbonyl (C=O) groups excluding carboxylic acids is 1. The van der Waals surface area contributed by atoms with Crippen molar-refractivity contribution in [2.75, 3.05) is 26.2 Å². The van der Waals surface area contributed by atoms with Crippen LogP contribution < -0.4 is 5.32 Å². The number of rotatable bonds is 8. The standard InChI is InChI=1S/C20H26N6O/c1-4-26(5-2)10-6-9-22-20(27)15-7-8-16(14(3)11-15)18-24-17-12-21-13-23-19(17)25-18/h7-8,11-13H,4-6,9-10H2,1-3H3,(H,22,27)(H,21,23,24,25). The molecule has 3 rings (SSSR count). The van der Waals surface area contributed by atoms with Gasteiger partial charge < -0.3 is 15.2 Å². The molecule has 2 heterocycles. The number of aromatic nitrogens is 4. The highest BCUT2D eigenvalue weighted by Crippen LogP contribution is 2.23. The molecule has 2 aromatic heterocycles. The van der Waals surface area contributed by atoms with E-state index in [-0.39, 0.29) is 5.91 Å². The molecule has 0 aliphatic rings. The molecule has 3 aromatic rings. The van der Waals surface area contributed by atoms with Crippen molar-refractivity contribution < 1.29 is 4.79 Å². The molecule has 1 aromatic carbocycles. The van der Waals surface area contributed by atoms with Crippen molar-refractivity contribution in [1.82, 2.24) is 30.2 Å². The average Bonchev–Trinajstić information content (AvgIpc) is 3.11. The number of nitrogens with zero attached hydrogens (tertiary/aromatic N) is 4. The number of benzene rings is 1. The maximum atomic E-state index is 12.4. The van der Waals surface area contributed by atoms with Crippen LogP contribution in [0.5, 0.6) is 0 Å². The Bertz CT molecular complexity index is 883. The van der Waals surface area contributed by atoms with Crippen LogP contribution in [0.3, 0.4) is 0 Å². The first kappa shape index (κ1) is 19.0. The van der Waals surface area contributed by atoms with Crippen LogP contribution in [-0.2, 0) is 0 Å². The van der Waals surface area contributed by atoms with Crippen molar-refractivity contribution in [3.8, 4) is 11.4 Å². The number of H-pyrrole nitrogens is 1. The van der Waals surface area contributed by atoms with E-state index in [2.05, 4.69) is 44.0 Å². The van der Waals surface area contributed by atoms with Crippen molar-refractivity contribution in [2.45, 2.75) is 27.2 Å². The first-order chi connectivity index (χ1) is 13.1. The molecule has 7 nitrogen and oxygen atoms in total. The third-order valence-corrected chi connectivity index (χ3v) is 4.74. The minimum atomic E-state index is -0.0420. The smallest absolute Gasteiger partial charge is 0.251 e. The number of nitrogens with one attached hydrogen (secondary N) is 2. The summed E-state index contributed by atoms with van der Waals surface area (Å²) in [6.07, 6.45) is 4.13. The van der Waals surface area contributed by atoms with Crippen LogP contribution in [0, 0.1) is 6.92 Å². The van der Waals surface area contributed by atoms with E-state index in [9.17, 15) is 4.79 Å². The van der Waals surface area contributed by atoms with Gasteiger partial charge in [-0.1, -0.05) is 19.9 Å². The molecular formula is C20H26N6O. The number of aryl methyl sites for hydroxylation is 1. The van der Waals surface area contributed by atoms with Crippen LogP contribution in [0.4, 0.5) is 0 Å². The van der Waals surface area contributed by atoms with Crippen molar-refractivity contribution >= 4 is 17.1 Å². The summed E-state index contributed by atoms with van der Waals surface area (Å²) in [7, 11) is 0. The van der Waals surface area contributed by atoms with E-state index in [4.69, 9.17) is 0 Å². The number of fused-ring (bicyclic) bond motifs is 1. The quantitative estimate of drug-likeness (QED) is 0.599. The minimum Gasteiger partial charge on any atom is -0.352 e. The van der Waals surface area contributed by atoms with E-state index >= 15 is 0 Å². The predicted octanol–water partition coefficient (Wildman–Crippen LogP) is 2.79. The molecule has 0 spiro atoms. The van der Waals surface area contributed by atoms with Gasteiger partial charge >= 0.3 is 0 Å². The third kappa shape index (κ3) is 4.49. The molecule has 27 heavy (non-hydrogen) atoms. The van der Waals surface area contributed by atoms with E-state index in [0.717, 1.165) is 48.5 Å². The van der Waals surface area contributed by atoms with Crippen molar-refractivity contribution in [3.63, 3.8) is 0 Å². The zero-order valence-corrected chi connectivity index (χ0v) is 16.1. The molecule has 0 radical (unpaired) electrons. The Morgan fingerprint density at radius 1 is 1.26 bits per heavy atom. The van der Waals surface area contributed by atoms with Crippen LogP contribution in [0.1, 0.15) is 36.2 Å². The van der Waals surface area contributed by atoms with E-state index in [1.54, 1.807) is 6.20 Å². The van der Waals surface area contributed by atoms with Crippen LogP contribution in [0.2, 0.25) is 0 Å². The Hall–Kier alpha value is -2.80. The molecule has 0 saturated carbocycles. The summed E-state index contributed by atoms with van der Waals surface area (Å²) in [5.41, 5.74) is 4.02. The maximum absolute atomic E-state index is 12.4. The zero-order chi connectivity index (χ0) is 19.2. The van der Waals surface area contributed by atoms with E-state index in [1.165, 1.54) is 6.33 Å². The summed E-state index contributed by atoms with van der Waals surface area (Å²) in [5, 5.41) is 3.00. The van der Waals surface area contributed by atoms with Crippen LogP contribution >= 0.6 is 0 Å². The summed E-state index contributed by atoms with van der Waals surface area (Å²) in [4.78, 5) is 30.6. The monoisotopic (exact) mass is 366 g/mol. The second-order valence-corrected chi connectivity index (χ2v) is 6.51. The first-order valence-electron chi connectivity index (χ1n) is 9.39. The molecule has 0 aliphatic heterocycles. The lowest BCUT2D eigenvalue weighted by atomic mass is 10.0. The molecule has 7 heteroatoms. The Balaban J connectivity index is 1.64. The third-order valence-electron chi connectivity index (χ3n) is 4.74. The van der Waals surface area contributed by atoms with Crippen molar-refractivity contribution in [2.24, 2.45) is 0 Å². The molecule has 2 N–H and O–H groups in total. The Labute approximate surface area is 159 Å². The lowest BCUT2D eigenvalue weighted by Crippen LogP contribution is -2.29. The van der Waals surface area contributed by atoms with Gasteiger partial charge in [-0.15, -0.1) is 0 Å². The molecule has 142 valence electrons. The van der Waals surface area contributed by atoms with E-state index < -0.39 is 0 Å². The highest BCUT2D eigenvalue weighted by atomic mass is 16.1. The molecule has 0 bridgehead atoms. The van der Waals surface area contributed by atoms with Gasteiger partial charge in [-0.2, -0.15) is 0 Å². The topological polar surface area (TPSA) is 86.8 Å². The zero-order valence-electron chi connectivity index (χ0n) is 16.1. The number of hydrogen-bond donors (Lipinski definition) is 2.